The normalized spacial score (nSPS) is 21.0. The van der Waals surface area contributed by atoms with Crippen LogP contribution in [0, 0.1) is 5.92 Å². The minimum atomic E-state index is -2.82. The molecule has 1 atom stereocenters. The van der Waals surface area contributed by atoms with Crippen LogP contribution in [0.2, 0.25) is 0 Å². The molecule has 3 saturated heterocycles. The number of rotatable bonds is 12. The number of hydrogen-bond acceptors (Lipinski definition) is 10. The summed E-state index contributed by atoms with van der Waals surface area (Å²) in [6.07, 6.45) is 2.56. The Bertz CT molecular complexity index is 2360. The second-order valence-electron chi connectivity index (χ2n) is 16.9. The first kappa shape index (κ1) is 39.3. The van der Waals surface area contributed by atoms with Crippen LogP contribution in [-0.4, -0.2) is 134 Å². The Morgan fingerprint density at radius 3 is 2.29 bits per heavy atom. The molecule has 0 radical (unpaired) electrons. The first-order chi connectivity index (χ1) is 31.1. The quantitative estimate of drug-likeness (QED) is 0.259. The Hall–Kier alpha value is -5.55. The first-order valence-electron chi connectivity index (χ1n) is 22.9. The molecule has 0 spiro atoms. The van der Waals surface area contributed by atoms with Crippen molar-refractivity contribution in [3.63, 3.8) is 0 Å². The highest BCUT2D eigenvalue weighted by atomic mass is 19.3. The minimum absolute atomic E-state index is 0.110. The molecular formula is C45H56F2N8O7. The lowest BCUT2D eigenvalue weighted by Crippen LogP contribution is -2.52. The van der Waals surface area contributed by atoms with Crippen LogP contribution in [0.1, 0.15) is 68.8 Å². The van der Waals surface area contributed by atoms with Crippen LogP contribution < -0.4 is 30.6 Å². The van der Waals surface area contributed by atoms with E-state index in [4.69, 9.17) is 13.6 Å². The van der Waals surface area contributed by atoms with Gasteiger partial charge in [-0.2, -0.15) is 0 Å². The zero-order chi connectivity index (χ0) is 46.2. The molecule has 3 aromatic rings. The molecule has 332 valence electrons. The van der Waals surface area contributed by atoms with Crippen molar-refractivity contribution < 1.29 is 41.5 Å². The summed E-state index contributed by atoms with van der Waals surface area (Å²) < 4.78 is 62.4. The third-order valence-electron chi connectivity index (χ3n) is 13.2. The predicted octanol–water partition coefficient (Wildman–Crippen LogP) is 3.59. The number of halogens is 2. The van der Waals surface area contributed by atoms with E-state index in [2.05, 4.69) is 31.4 Å². The fourth-order valence-corrected chi connectivity index (χ4v) is 9.64. The lowest BCUT2D eigenvalue weighted by Gasteiger charge is -2.37. The zero-order valence-electron chi connectivity index (χ0n) is 38.2. The van der Waals surface area contributed by atoms with Gasteiger partial charge >= 0.3 is 6.03 Å². The van der Waals surface area contributed by atoms with Gasteiger partial charge in [0.25, 0.3) is 17.9 Å². The Labute approximate surface area is 364 Å². The van der Waals surface area contributed by atoms with Gasteiger partial charge in [0.1, 0.15) is 17.5 Å². The number of nitrogens with zero attached hydrogens (tertiary/aromatic N) is 6. The Morgan fingerprint density at radius 2 is 1.61 bits per heavy atom. The first-order valence-corrected chi connectivity index (χ1v) is 21.4. The molecule has 5 amide bonds. The number of urea groups is 1. The number of nitrogens with one attached hydrogen (secondary N) is 2. The van der Waals surface area contributed by atoms with Crippen molar-refractivity contribution in [1.82, 2.24) is 34.8 Å². The van der Waals surface area contributed by atoms with E-state index in [1.807, 2.05) is 24.3 Å². The number of amides is 5. The second kappa shape index (κ2) is 18.4. The van der Waals surface area contributed by atoms with E-state index in [1.165, 1.54) is 11.1 Å². The van der Waals surface area contributed by atoms with E-state index in [-0.39, 0.29) is 43.3 Å². The molecule has 1 aromatic heterocycles. The summed E-state index contributed by atoms with van der Waals surface area (Å²) in [4.78, 5) is 73.8. The number of aromatic nitrogens is 1. The maximum absolute atomic E-state index is 13.5. The van der Waals surface area contributed by atoms with E-state index in [0.717, 1.165) is 81.9 Å². The molecule has 62 heavy (non-hydrogen) atoms. The number of methoxy groups -OCH3 is 2. The van der Waals surface area contributed by atoms with Gasteiger partial charge < -0.3 is 39.0 Å². The number of piperazine rings is 1. The Kier molecular flexibility index (Phi) is 11.7. The molecule has 0 saturated carbocycles. The summed E-state index contributed by atoms with van der Waals surface area (Å²) in [6, 6.07) is 8.26. The lowest BCUT2D eigenvalue weighted by atomic mass is 9.91. The van der Waals surface area contributed by atoms with Gasteiger partial charge in [0.05, 0.1) is 32.9 Å². The number of piperidine rings is 2. The van der Waals surface area contributed by atoms with E-state index >= 15 is 0 Å². The van der Waals surface area contributed by atoms with Crippen LogP contribution in [0.25, 0.3) is 11.1 Å². The van der Waals surface area contributed by atoms with Crippen LogP contribution >= 0.6 is 0 Å². The van der Waals surface area contributed by atoms with Crippen LogP contribution in [0.3, 0.4) is 0 Å². The number of fused-ring (bicyclic) bond motifs is 2. The summed E-state index contributed by atoms with van der Waals surface area (Å²) in [6.45, 7) is 3.45. The van der Waals surface area contributed by atoms with Crippen LogP contribution in [-0.2, 0) is 42.6 Å². The highest BCUT2D eigenvalue weighted by Crippen LogP contribution is 2.39. The van der Waals surface area contributed by atoms with E-state index < -0.39 is 43.5 Å². The number of alkyl halides is 2. The molecular weight excluding hydrogens is 803 g/mol. The number of imide groups is 1. The third-order valence-corrected chi connectivity index (χ3v) is 13.2. The topological polar surface area (TPSA) is 149 Å². The van der Waals surface area contributed by atoms with Crippen molar-refractivity contribution in [2.24, 2.45) is 12.9 Å². The summed E-state index contributed by atoms with van der Waals surface area (Å²) in [5.41, 5.74) is 4.35. The SMILES string of the molecule is [2H]C([2H])([2H])n1cc(-c2cc(OC)c(CN3CCN(CCC4CCN(c5ccc6c(c5)C(=O)N(C5CCC(=O)NC5=O)C6)CC4)CC3)c(OC)c2)c2c(c1=O)CN(C(=O)NCC(F)F)CC2. The van der Waals surface area contributed by atoms with Gasteiger partial charge in [-0.1, -0.05) is 6.07 Å². The standard InChI is InChI=1S/C45H56F2N8O7/c1-50-25-34(32-11-15-54(27-35(32)43(50)58)45(60)48-23-40(46)47)30-20-38(61-2)36(39(21-30)62-3)26-52-18-16-51(17-19-52)12-8-28-9-13-53(14-10-28)31-5-4-29-24-55(44(59)33(29)22-31)37-6-7-41(56)49-42(37)57/h4-5,20-22,25,28,37,40H,6-19,23-24,26-27H2,1-3H3,(H,48,60)(H,49,56,57)/i1D3. The number of carbonyl (C=O) groups is 4. The van der Waals surface area contributed by atoms with E-state index in [0.29, 0.717) is 63.7 Å². The van der Waals surface area contributed by atoms with Crippen molar-refractivity contribution in [2.75, 3.05) is 78.0 Å². The number of hydrogen-bond donors (Lipinski definition) is 2. The molecule has 5 aliphatic rings. The highest BCUT2D eigenvalue weighted by Gasteiger charge is 2.39. The number of anilines is 1. The third kappa shape index (κ3) is 9.00. The van der Waals surface area contributed by atoms with E-state index in [1.54, 1.807) is 19.1 Å². The molecule has 3 fully saturated rings. The molecule has 0 bridgehead atoms. The number of ether oxygens (including phenoxy) is 2. The van der Waals surface area contributed by atoms with Gasteiger partial charge in [-0.25, -0.2) is 13.6 Å². The second-order valence-corrected chi connectivity index (χ2v) is 16.9. The number of pyridine rings is 1. The van der Waals surface area contributed by atoms with Gasteiger partial charge in [-0.05, 0) is 85.5 Å². The van der Waals surface area contributed by atoms with Gasteiger partial charge in [0.2, 0.25) is 11.8 Å². The monoisotopic (exact) mass is 861 g/mol. The van der Waals surface area contributed by atoms with Crippen molar-refractivity contribution >= 4 is 29.4 Å². The molecule has 5 aliphatic heterocycles. The maximum atomic E-state index is 13.5. The van der Waals surface area contributed by atoms with Crippen molar-refractivity contribution in [1.29, 1.82) is 0 Å². The Balaban J connectivity index is 0.859. The molecule has 2 N–H and O–H groups in total. The van der Waals surface area contributed by atoms with Gasteiger partial charge in [0, 0.05) is 105 Å². The van der Waals surface area contributed by atoms with E-state index in [9.17, 15) is 32.8 Å². The molecule has 1 unspecified atom stereocenters. The summed E-state index contributed by atoms with van der Waals surface area (Å²) in [7, 11) is 3.12. The predicted molar refractivity (Wildman–Crippen MR) is 227 cm³/mol. The lowest BCUT2D eigenvalue weighted by molar-refractivity contribution is -0.136. The zero-order valence-corrected chi connectivity index (χ0v) is 35.2. The fourth-order valence-electron chi connectivity index (χ4n) is 9.64. The molecule has 2 aromatic carbocycles. The average Bonchev–Trinajstić information content (AvgIpc) is 3.62. The molecule has 0 aliphatic carbocycles. The smallest absolute Gasteiger partial charge is 0.317 e. The molecule has 8 rings (SSSR count). The number of benzene rings is 2. The van der Waals surface area contributed by atoms with Crippen molar-refractivity contribution in [3.05, 3.63) is 74.7 Å². The molecule has 17 heteroatoms. The van der Waals surface area contributed by atoms with Crippen LogP contribution in [0.15, 0.2) is 41.3 Å². The maximum Gasteiger partial charge on any atom is 0.317 e. The van der Waals surface area contributed by atoms with Gasteiger partial charge in [-0.15, -0.1) is 0 Å². The van der Waals surface area contributed by atoms with Crippen LogP contribution in [0.5, 0.6) is 11.5 Å². The minimum Gasteiger partial charge on any atom is -0.496 e. The van der Waals surface area contributed by atoms with Gasteiger partial charge in [-0.3, -0.25) is 29.4 Å². The summed E-state index contributed by atoms with van der Waals surface area (Å²) >= 11 is 0. The molecule has 15 nitrogen and oxygen atoms in total. The number of aryl methyl sites for hydroxylation is 1. The molecule has 6 heterocycles. The average molecular weight is 862 g/mol. The van der Waals surface area contributed by atoms with Crippen molar-refractivity contribution in [3.8, 4) is 22.6 Å². The fraction of sp³-hybridized carbons (Fsp3) is 0.533. The van der Waals surface area contributed by atoms with Crippen molar-refractivity contribution in [2.45, 2.75) is 70.6 Å². The number of carbonyl (C=O) groups excluding carboxylic acids is 4. The largest absolute Gasteiger partial charge is 0.496 e. The summed E-state index contributed by atoms with van der Waals surface area (Å²) in [5, 5.41) is 4.52. The van der Waals surface area contributed by atoms with Crippen LogP contribution in [0.4, 0.5) is 19.3 Å². The Morgan fingerprint density at radius 1 is 0.887 bits per heavy atom. The highest BCUT2D eigenvalue weighted by molar-refractivity contribution is 6.05. The summed E-state index contributed by atoms with van der Waals surface area (Å²) in [5.74, 6) is 0.812. The van der Waals surface area contributed by atoms with Gasteiger partial charge in [0.15, 0.2) is 0 Å².